The van der Waals surface area contributed by atoms with E-state index in [4.69, 9.17) is 4.74 Å². The first kappa shape index (κ1) is 11.7. The number of carbonyl (C=O) groups excluding carboxylic acids is 1. The third-order valence-corrected chi connectivity index (χ3v) is 1.39. The molecule has 0 aromatic carbocycles. The largest absolute Gasteiger partial charge is 0.463 e. The Balaban J connectivity index is 4.28. The number of esters is 1. The standard InChI is InChI=1S/C9H15BrO2/c1-5-12-8(11)7(2)6-9(3,4)10/h6H,5H2,1-4H3/b7-6+. The number of allylic oxidation sites excluding steroid dienone is 1. The molecule has 0 heterocycles. The van der Waals surface area contributed by atoms with Crippen LogP contribution in [0.25, 0.3) is 0 Å². The maximum Gasteiger partial charge on any atom is 0.333 e. The minimum absolute atomic E-state index is 0.149. The van der Waals surface area contributed by atoms with E-state index in [2.05, 4.69) is 15.9 Å². The zero-order valence-electron chi connectivity index (χ0n) is 7.98. The minimum Gasteiger partial charge on any atom is -0.463 e. The van der Waals surface area contributed by atoms with Crippen molar-refractivity contribution in [2.45, 2.75) is 32.0 Å². The Bertz CT molecular complexity index is 189. The predicted octanol–water partition coefficient (Wildman–Crippen LogP) is 2.67. The Hall–Kier alpha value is -0.310. The molecule has 0 N–H and O–H groups in total. The summed E-state index contributed by atoms with van der Waals surface area (Å²) >= 11 is 3.41. The van der Waals surface area contributed by atoms with Gasteiger partial charge in [0.15, 0.2) is 0 Å². The summed E-state index contributed by atoms with van der Waals surface area (Å²) < 4.78 is 4.67. The summed E-state index contributed by atoms with van der Waals surface area (Å²) in [4.78, 5) is 11.1. The molecule has 0 aliphatic heterocycles. The van der Waals surface area contributed by atoms with Gasteiger partial charge in [0.05, 0.1) is 6.61 Å². The van der Waals surface area contributed by atoms with Crippen LogP contribution in [0.2, 0.25) is 0 Å². The lowest BCUT2D eigenvalue weighted by molar-refractivity contribution is -0.138. The molecule has 0 spiro atoms. The molecule has 0 aromatic heterocycles. The molecule has 70 valence electrons. The molecular weight excluding hydrogens is 220 g/mol. The summed E-state index contributed by atoms with van der Waals surface area (Å²) in [6.45, 7) is 7.91. The molecule has 0 radical (unpaired) electrons. The number of ether oxygens (including phenoxy) is 1. The second-order valence-corrected chi connectivity index (χ2v) is 5.16. The van der Waals surface area contributed by atoms with E-state index >= 15 is 0 Å². The minimum atomic E-state index is -0.245. The van der Waals surface area contributed by atoms with Crippen molar-refractivity contribution in [1.82, 2.24) is 0 Å². The van der Waals surface area contributed by atoms with Crippen molar-refractivity contribution in [2.75, 3.05) is 6.61 Å². The van der Waals surface area contributed by atoms with Crippen LogP contribution in [0.4, 0.5) is 0 Å². The highest BCUT2D eigenvalue weighted by molar-refractivity contribution is 9.10. The lowest BCUT2D eigenvalue weighted by atomic mass is 10.1. The zero-order valence-corrected chi connectivity index (χ0v) is 9.56. The highest BCUT2D eigenvalue weighted by atomic mass is 79.9. The van der Waals surface area contributed by atoms with E-state index < -0.39 is 0 Å². The van der Waals surface area contributed by atoms with Crippen LogP contribution in [0.3, 0.4) is 0 Å². The van der Waals surface area contributed by atoms with Crippen LogP contribution in [0.5, 0.6) is 0 Å². The molecule has 0 fully saturated rings. The molecule has 0 saturated carbocycles. The van der Waals surface area contributed by atoms with E-state index in [-0.39, 0.29) is 10.3 Å². The van der Waals surface area contributed by atoms with Crippen molar-refractivity contribution in [1.29, 1.82) is 0 Å². The monoisotopic (exact) mass is 234 g/mol. The molecule has 2 nitrogen and oxygen atoms in total. The van der Waals surface area contributed by atoms with Crippen LogP contribution in [0.1, 0.15) is 27.7 Å². The van der Waals surface area contributed by atoms with Gasteiger partial charge in [0.25, 0.3) is 0 Å². The fourth-order valence-electron chi connectivity index (χ4n) is 0.819. The number of carbonyl (C=O) groups is 1. The fourth-order valence-corrected chi connectivity index (χ4v) is 1.16. The lowest BCUT2D eigenvalue weighted by Crippen LogP contribution is -2.11. The first-order valence-electron chi connectivity index (χ1n) is 3.92. The highest BCUT2D eigenvalue weighted by Gasteiger charge is 2.12. The SMILES string of the molecule is CCOC(=O)/C(C)=C/C(C)(C)Br. The average molecular weight is 235 g/mol. The van der Waals surface area contributed by atoms with Crippen molar-refractivity contribution < 1.29 is 9.53 Å². The number of halogens is 1. The normalized spacial score (nSPS) is 12.9. The smallest absolute Gasteiger partial charge is 0.333 e. The van der Waals surface area contributed by atoms with Gasteiger partial charge in [0.2, 0.25) is 0 Å². The summed E-state index contributed by atoms with van der Waals surface area (Å²) in [5, 5.41) is 0. The van der Waals surface area contributed by atoms with E-state index in [1.807, 2.05) is 19.9 Å². The van der Waals surface area contributed by atoms with Gasteiger partial charge < -0.3 is 4.74 Å². The van der Waals surface area contributed by atoms with E-state index in [0.29, 0.717) is 12.2 Å². The summed E-state index contributed by atoms with van der Waals surface area (Å²) in [7, 11) is 0. The second-order valence-electron chi connectivity index (χ2n) is 3.11. The number of alkyl halides is 1. The molecule has 0 unspecified atom stereocenters. The van der Waals surface area contributed by atoms with Crippen molar-refractivity contribution in [3.05, 3.63) is 11.6 Å². The van der Waals surface area contributed by atoms with Crippen LogP contribution >= 0.6 is 15.9 Å². The van der Waals surface area contributed by atoms with E-state index in [9.17, 15) is 4.79 Å². The summed E-state index contributed by atoms with van der Waals surface area (Å²) in [6.07, 6.45) is 1.84. The van der Waals surface area contributed by atoms with Gasteiger partial charge in [0, 0.05) is 9.90 Å². The molecule has 0 saturated heterocycles. The Labute approximate surface area is 82.1 Å². The third-order valence-electron chi connectivity index (χ3n) is 1.16. The molecule has 0 aliphatic rings. The first-order valence-corrected chi connectivity index (χ1v) is 4.71. The lowest BCUT2D eigenvalue weighted by Gasteiger charge is -2.11. The third kappa shape index (κ3) is 5.35. The summed E-state index contributed by atoms with van der Waals surface area (Å²) in [6, 6.07) is 0. The van der Waals surface area contributed by atoms with E-state index in [0.717, 1.165) is 0 Å². The highest BCUT2D eigenvalue weighted by Crippen LogP contribution is 2.19. The molecular formula is C9H15BrO2. The molecule has 0 rings (SSSR count). The van der Waals surface area contributed by atoms with Gasteiger partial charge >= 0.3 is 5.97 Å². The number of hydrogen-bond acceptors (Lipinski definition) is 2. The molecule has 0 aliphatic carbocycles. The Morgan fingerprint density at radius 1 is 1.58 bits per heavy atom. The summed E-state index contributed by atoms with van der Waals surface area (Å²) in [5.41, 5.74) is 0.638. The van der Waals surface area contributed by atoms with Gasteiger partial charge in [-0.3, -0.25) is 0 Å². The van der Waals surface area contributed by atoms with Crippen LogP contribution < -0.4 is 0 Å². The number of rotatable bonds is 3. The average Bonchev–Trinajstić information content (AvgIpc) is 1.84. The predicted molar refractivity (Wildman–Crippen MR) is 53.4 cm³/mol. The van der Waals surface area contributed by atoms with Gasteiger partial charge in [-0.2, -0.15) is 0 Å². The molecule has 0 bridgehead atoms. The van der Waals surface area contributed by atoms with Gasteiger partial charge in [-0.25, -0.2) is 4.79 Å². The molecule has 0 atom stereocenters. The zero-order chi connectivity index (χ0) is 9.78. The van der Waals surface area contributed by atoms with Gasteiger partial charge in [-0.15, -0.1) is 0 Å². The molecule has 3 heteroatoms. The number of hydrogen-bond donors (Lipinski definition) is 0. The van der Waals surface area contributed by atoms with E-state index in [1.54, 1.807) is 13.8 Å². The Morgan fingerprint density at radius 3 is 2.42 bits per heavy atom. The van der Waals surface area contributed by atoms with Crippen LogP contribution in [0, 0.1) is 0 Å². The van der Waals surface area contributed by atoms with Crippen LogP contribution in [-0.4, -0.2) is 16.9 Å². The molecule has 0 amide bonds. The molecule has 0 aromatic rings. The van der Waals surface area contributed by atoms with Gasteiger partial charge in [0.1, 0.15) is 0 Å². The van der Waals surface area contributed by atoms with E-state index in [1.165, 1.54) is 0 Å². The second kappa shape index (κ2) is 4.65. The van der Waals surface area contributed by atoms with Crippen molar-refractivity contribution in [3.8, 4) is 0 Å². The van der Waals surface area contributed by atoms with Crippen LogP contribution in [0.15, 0.2) is 11.6 Å². The topological polar surface area (TPSA) is 26.3 Å². The van der Waals surface area contributed by atoms with Crippen molar-refractivity contribution in [3.63, 3.8) is 0 Å². The maximum absolute atomic E-state index is 11.1. The first-order chi connectivity index (χ1) is 5.37. The van der Waals surface area contributed by atoms with Crippen molar-refractivity contribution >= 4 is 21.9 Å². The quantitative estimate of drug-likeness (QED) is 0.427. The maximum atomic E-state index is 11.1. The Morgan fingerprint density at radius 2 is 2.08 bits per heavy atom. The van der Waals surface area contributed by atoms with Crippen molar-refractivity contribution in [2.24, 2.45) is 0 Å². The van der Waals surface area contributed by atoms with Gasteiger partial charge in [-0.05, 0) is 27.7 Å². The molecule has 12 heavy (non-hydrogen) atoms. The fraction of sp³-hybridized carbons (Fsp3) is 0.667. The van der Waals surface area contributed by atoms with Gasteiger partial charge in [-0.1, -0.05) is 22.0 Å². The summed E-state index contributed by atoms with van der Waals surface area (Å²) in [5.74, 6) is -0.245. The van der Waals surface area contributed by atoms with Crippen LogP contribution in [-0.2, 0) is 9.53 Å². The Kier molecular flexibility index (Phi) is 4.53.